The van der Waals surface area contributed by atoms with Crippen LogP contribution in [0.25, 0.3) is 0 Å². The van der Waals surface area contributed by atoms with E-state index in [2.05, 4.69) is 54.7 Å². The van der Waals surface area contributed by atoms with Gasteiger partial charge in [0.2, 0.25) is 0 Å². The van der Waals surface area contributed by atoms with E-state index in [1.54, 1.807) is 11.3 Å². The highest BCUT2D eigenvalue weighted by Crippen LogP contribution is 2.26. The molecule has 0 atom stereocenters. The molecule has 1 N–H and O–H groups in total. The maximum Gasteiger partial charge on any atom is 0.183 e. The van der Waals surface area contributed by atoms with Gasteiger partial charge in [0.15, 0.2) is 4.67 Å². The highest BCUT2D eigenvalue weighted by atomic mass is 79.9. The van der Waals surface area contributed by atoms with E-state index in [9.17, 15) is 0 Å². The molecule has 2 heterocycles. The molecule has 0 aliphatic carbocycles. The lowest BCUT2D eigenvalue weighted by Crippen LogP contribution is -2.15. The largest absolute Gasteiger partial charge is 0.452 e. The van der Waals surface area contributed by atoms with Crippen LogP contribution in [0.15, 0.2) is 37.1 Å². The summed E-state index contributed by atoms with van der Waals surface area (Å²) in [5.74, 6) is 0.935. The normalized spacial score (nSPS) is 10.9. The van der Waals surface area contributed by atoms with Crippen molar-refractivity contribution in [1.29, 1.82) is 0 Å². The van der Waals surface area contributed by atoms with Gasteiger partial charge in [-0.1, -0.05) is 6.07 Å². The van der Waals surface area contributed by atoms with Gasteiger partial charge in [-0.2, -0.15) is 0 Å². The monoisotopic (exact) mass is 363 g/mol. The fourth-order valence-corrected chi connectivity index (χ4v) is 2.72. The molecule has 0 unspecified atom stereocenters. The first-order valence-corrected chi connectivity index (χ1v) is 7.39. The maximum absolute atomic E-state index is 5.46. The van der Waals surface area contributed by atoms with Crippen LogP contribution < -0.4 is 5.32 Å². The van der Waals surface area contributed by atoms with Crippen molar-refractivity contribution in [2.75, 3.05) is 6.54 Å². The molecule has 0 aliphatic heterocycles. The van der Waals surface area contributed by atoms with Crippen LogP contribution in [0.2, 0.25) is 0 Å². The third-order valence-electron chi connectivity index (χ3n) is 2.12. The van der Waals surface area contributed by atoms with Crippen molar-refractivity contribution in [2.24, 2.45) is 0 Å². The van der Waals surface area contributed by atoms with Gasteiger partial charge in [-0.25, -0.2) is 0 Å². The van der Waals surface area contributed by atoms with Crippen LogP contribution in [0, 0.1) is 0 Å². The van der Waals surface area contributed by atoms with E-state index >= 15 is 0 Å². The lowest BCUT2D eigenvalue weighted by Gasteiger charge is -2.00. The summed E-state index contributed by atoms with van der Waals surface area (Å²) in [7, 11) is 0. The van der Waals surface area contributed by atoms with Gasteiger partial charge in [0.25, 0.3) is 0 Å². The van der Waals surface area contributed by atoms with Crippen molar-refractivity contribution >= 4 is 43.2 Å². The Morgan fingerprint density at radius 2 is 2.25 bits per heavy atom. The zero-order valence-electron chi connectivity index (χ0n) is 8.50. The third kappa shape index (κ3) is 3.45. The lowest BCUT2D eigenvalue weighted by atomic mass is 10.3. The second-order valence-electron chi connectivity index (χ2n) is 3.34. The first-order chi connectivity index (χ1) is 7.75. The Balaban J connectivity index is 1.72. The van der Waals surface area contributed by atoms with Crippen molar-refractivity contribution in [3.05, 3.63) is 43.4 Å². The second-order valence-corrected chi connectivity index (χ2v) is 5.95. The molecule has 0 saturated heterocycles. The fraction of sp³-hybridized carbons (Fsp3) is 0.273. The minimum absolute atomic E-state index is 0.752. The molecule has 0 amide bonds. The number of halogens is 2. The number of rotatable bonds is 5. The Bertz CT molecular complexity index is 419. The van der Waals surface area contributed by atoms with Crippen LogP contribution in [0.3, 0.4) is 0 Å². The minimum atomic E-state index is 0.752. The molecule has 0 bridgehead atoms. The van der Waals surface area contributed by atoms with Gasteiger partial charge in [-0.3, -0.25) is 0 Å². The van der Waals surface area contributed by atoms with E-state index in [0.29, 0.717) is 0 Å². The predicted molar refractivity (Wildman–Crippen MR) is 73.8 cm³/mol. The van der Waals surface area contributed by atoms with Crippen LogP contribution >= 0.6 is 43.2 Å². The van der Waals surface area contributed by atoms with E-state index in [-0.39, 0.29) is 0 Å². The molecule has 0 fully saturated rings. The van der Waals surface area contributed by atoms with Crippen LogP contribution in [0.4, 0.5) is 0 Å². The Hall–Kier alpha value is -0.100. The molecule has 0 aromatic carbocycles. The van der Waals surface area contributed by atoms with Gasteiger partial charge in [0, 0.05) is 11.4 Å². The number of hydrogen-bond donors (Lipinski definition) is 1. The van der Waals surface area contributed by atoms with Gasteiger partial charge in [0.05, 0.1) is 11.0 Å². The van der Waals surface area contributed by atoms with Crippen molar-refractivity contribution in [3.63, 3.8) is 0 Å². The third-order valence-corrected chi connectivity index (χ3v) is 4.77. The van der Waals surface area contributed by atoms with Gasteiger partial charge < -0.3 is 9.73 Å². The molecule has 0 saturated carbocycles. The van der Waals surface area contributed by atoms with Crippen molar-refractivity contribution in [2.45, 2.75) is 13.0 Å². The molecule has 16 heavy (non-hydrogen) atoms. The molecular formula is C11H11Br2NOS. The zero-order chi connectivity index (χ0) is 11.4. The predicted octanol–water partition coefficient (Wildman–Crippen LogP) is 4.20. The second kappa shape index (κ2) is 6.00. The smallest absolute Gasteiger partial charge is 0.183 e. The zero-order valence-corrected chi connectivity index (χ0v) is 12.5. The first-order valence-electron chi connectivity index (χ1n) is 4.92. The Labute approximate surface area is 115 Å². The van der Waals surface area contributed by atoms with Gasteiger partial charge in [0.1, 0.15) is 5.76 Å². The quantitative estimate of drug-likeness (QED) is 0.804. The van der Waals surface area contributed by atoms with E-state index in [1.165, 1.54) is 4.88 Å². The molecule has 0 radical (unpaired) electrons. The average Bonchev–Trinajstić information content (AvgIpc) is 2.85. The fourth-order valence-electron chi connectivity index (χ4n) is 1.36. The highest BCUT2D eigenvalue weighted by molar-refractivity contribution is 9.13. The summed E-state index contributed by atoms with van der Waals surface area (Å²) in [5.41, 5.74) is 0. The van der Waals surface area contributed by atoms with Crippen molar-refractivity contribution < 1.29 is 4.42 Å². The molecule has 2 aromatic rings. The van der Waals surface area contributed by atoms with Crippen LogP contribution in [0.1, 0.15) is 10.6 Å². The van der Waals surface area contributed by atoms with E-state index in [1.807, 2.05) is 6.07 Å². The molecule has 0 spiro atoms. The molecule has 5 heteroatoms. The average molecular weight is 365 g/mol. The van der Waals surface area contributed by atoms with Gasteiger partial charge in [-0.05, 0) is 55.8 Å². The van der Waals surface area contributed by atoms with Crippen molar-refractivity contribution in [3.8, 4) is 0 Å². The summed E-state index contributed by atoms with van der Waals surface area (Å²) in [6.45, 7) is 1.73. The lowest BCUT2D eigenvalue weighted by molar-refractivity contribution is 0.466. The summed E-state index contributed by atoms with van der Waals surface area (Å²) >= 11 is 8.50. The van der Waals surface area contributed by atoms with Crippen LogP contribution in [-0.2, 0) is 13.0 Å². The molecule has 86 valence electrons. The summed E-state index contributed by atoms with van der Waals surface area (Å²) in [6, 6.07) is 6.22. The summed E-state index contributed by atoms with van der Waals surface area (Å²) < 4.78 is 7.17. The highest BCUT2D eigenvalue weighted by Gasteiger charge is 2.05. The van der Waals surface area contributed by atoms with E-state index in [4.69, 9.17) is 4.42 Å². The van der Waals surface area contributed by atoms with Crippen LogP contribution in [0.5, 0.6) is 0 Å². The Morgan fingerprint density at radius 1 is 1.38 bits per heavy atom. The number of thiophene rings is 1. The van der Waals surface area contributed by atoms with Crippen molar-refractivity contribution in [1.82, 2.24) is 5.32 Å². The standard InChI is InChI=1S/C11H11Br2NOS/c12-10-6-8(15-11(10)13)7-14-4-3-9-2-1-5-16-9/h1-2,5-6,14H,3-4,7H2. The first kappa shape index (κ1) is 12.4. The van der Waals surface area contributed by atoms with E-state index < -0.39 is 0 Å². The Kier molecular flexibility index (Phi) is 4.64. The summed E-state index contributed by atoms with van der Waals surface area (Å²) in [5, 5.41) is 5.46. The molecule has 2 rings (SSSR count). The molecule has 0 aliphatic rings. The van der Waals surface area contributed by atoms with Crippen LogP contribution in [-0.4, -0.2) is 6.54 Å². The number of hydrogen-bond acceptors (Lipinski definition) is 3. The summed E-state index contributed by atoms with van der Waals surface area (Å²) in [4.78, 5) is 1.41. The number of nitrogens with one attached hydrogen (secondary N) is 1. The topological polar surface area (TPSA) is 25.2 Å². The summed E-state index contributed by atoms with van der Waals surface area (Å²) in [6.07, 6.45) is 1.07. The molecular weight excluding hydrogens is 354 g/mol. The molecule has 2 aromatic heterocycles. The van der Waals surface area contributed by atoms with Gasteiger partial charge in [-0.15, -0.1) is 11.3 Å². The SMILES string of the molecule is Brc1cc(CNCCc2cccs2)oc1Br. The number of furan rings is 1. The minimum Gasteiger partial charge on any atom is -0.452 e. The van der Waals surface area contributed by atoms with E-state index in [0.717, 1.165) is 34.4 Å². The Morgan fingerprint density at radius 3 is 2.88 bits per heavy atom. The maximum atomic E-state index is 5.46. The van der Waals surface area contributed by atoms with Gasteiger partial charge >= 0.3 is 0 Å². The molecule has 2 nitrogen and oxygen atoms in total.